The van der Waals surface area contributed by atoms with E-state index < -0.39 is 0 Å². The van der Waals surface area contributed by atoms with E-state index in [0.29, 0.717) is 6.61 Å². The summed E-state index contributed by atoms with van der Waals surface area (Å²) in [7, 11) is -0.302. The molecule has 1 unspecified atom stereocenters. The molecule has 1 heterocycles. The molecule has 3 rings (SSSR count). The molecule has 0 saturated carbocycles. The van der Waals surface area contributed by atoms with Crippen LogP contribution in [0.1, 0.15) is 18.9 Å². The van der Waals surface area contributed by atoms with Gasteiger partial charge in [0.05, 0.1) is 6.61 Å². The first kappa shape index (κ1) is 16.7. The molecule has 0 fully saturated rings. The highest BCUT2D eigenvalue weighted by atomic mass is 32.2. The van der Waals surface area contributed by atoms with Gasteiger partial charge in [-0.25, -0.2) is 0 Å². The van der Waals surface area contributed by atoms with Gasteiger partial charge in [-0.15, -0.1) is 0 Å². The van der Waals surface area contributed by atoms with E-state index >= 15 is 0 Å². The molecular formula is C20H22N2OS. The van der Waals surface area contributed by atoms with Gasteiger partial charge in [0, 0.05) is 17.3 Å². The molecule has 0 spiro atoms. The maximum atomic E-state index is 6.11. The van der Waals surface area contributed by atoms with E-state index in [1.807, 2.05) is 42.9 Å². The lowest BCUT2D eigenvalue weighted by molar-refractivity contribution is 0.311. The quantitative estimate of drug-likeness (QED) is 0.529. The average molecular weight is 338 g/mol. The second kappa shape index (κ2) is 8.08. The number of aryl methyl sites for hydroxylation is 1. The van der Waals surface area contributed by atoms with Crippen LogP contribution in [0.25, 0.3) is 10.8 Å². The second-order valence-corrected chi connectivity index (χ2v) is 7.27. The maximum Gasteiger partial charge on any atom is 0.119 e. The second-order valence-electron chi connectivity index (χ2n) is 5.59. The van der Waals surface area contributed by atoms with Crippen molar-refractivity contribution in [2.75, 3.05) is 6.61 Å². The third-order valence-corrected chi connectivity index (χ3v) is 5.24. The molecule has 0 radical (unpaired) electrons. The van der Waals surface area contributed by atoms with Gasteiger partial charge in [0.1, 0.15) is 5.75 Å². The zero-order chi connectivity index (χ0) is 16.8. The Labute approximate surface area is 145 Å². The minimum atomic E-state index is -0.302. The fourth-order valence-electron chi connectivity index (χ4n) is 2.59. The molecule has 3 nitrogen and oxygen atoms in total. The largest absolute Gasteiger partial charge is 0.494 e. The van der Waals surface area contributed by atoms with Gasteiger partial charge >= 0.3 is 0 Å². The number of nitrogens with zero attached hydrogens (tertiary/aromatic N) is 1. The summed E-state index contributed by atoms with van der Waals surface area (Å²) >= 11 is 0. The van der Waals surface area contributed by atoms with E-state index in [1.54, 1.807) is 0 Å². The molecular weight excluding hydrogens is 316 g/mol. The van der Waals surface area contributed by atoms with Crippen molar-refractivity contribution in [2.24, 2.45) is 5.14 Å². The molecule has 1 aromatic heterocycles. The Morgan fingerprint density at radius 1 is 1.04 bits per heavy atom. The Balaban J connectivity index is 1.64. The number of ether oxygens (including phenoxy) is 1. The van der Waals surface area contributed by atoms with Gasteiger partial charge in [0.2, 0.25) is 0 Å². The van der Waals surface area contributed by atoms with Crippen molar-refractivity contribution in [1.82, 2.24) is 4.98 Å². The first-order valence-corrected chi connectivity index (χ1v) is 9.44. The van der Waals surface area contributed by atoms with Crippen LogP contribution in [0, 0.1) is 0 Å². The van der Waals surface area contributed by atoms with Crippen LogP contribution in [0.4, 0.5) is 0 Å². The number of hydrogen-bond acceptors (Lipinski definition) is 3. The van der Waals surface area contributed by atoms with Crippen LogP contribution in [-0.4, -0.2) is 17.0 Å². The van der Waals surface area contributed by atoms with Crippen LogP contribution in [-0.2, 0) is 6.42 Å². The predicted molar refractivity (Wildman–Crippen MR) is 104 cm³/mol. The van der Waals surface area contributed by atoms with Gasteiger partial charge in [-0.3, -0.25) is 10.1 Å². The summed E-state index contributed by atoms with van der Waals surface area (Å²) in [4.78, 5) is 5.19. The van der Waals surface area contributed by atoms with Gasteiger partial charge in [-0.1, -0.05) is 22.8 Å². The Morgan fingerprint density at radius 3 is 2.62 bits per heavy atom. The fraction of sp³-hybridized carbons (Fsp3) is 0.200. The van der Waals surface area contributed by atoms with Crippen LogP contribution in [0.2, 0.25) is 0 Å². The summed E-state index contributed by atoms with van der Waals surface area (Å²) in [5.74, 6) is 0.909. The van der Waals surface area contributed by atoms with Crippen LogP contribution in [0.3, 0.4) is 0 Å². The maximum absolute atomic E-state index is 6.11. The van der Waals surface area contributed by atoms with E-state index in [4.69, 9.17) is 9.88 Å². The zero-order valence-electron chi connectivity index (χ0n) is 13.8. The lowest BCUT2D eigenvalue weighted by Gasteiger charge is -2.09. The van der Waals surface area contributed by atoms with E-state index in [-0.39, 0.29) is 10.7 Å². The highest BCUT2D eigenvalue weighted by Gasteiger charge is 2.01. The summed E-state index contributed by atoms with van der Waals surface area (Å²) in [5, 5.41) is 10.5. The van der Waals surface area contributed by atoms with Gasteiger partial charge in [-0.05, 0) is 77.9 Å². The standard InChI is InChI=1S/C20H22N2OS/c1-2-24(21)20-8-6-17-5-7-19(14-18(17)15-20)23-13-3-4-16-9-11-22-12-10-16/h2,5-12,14-15H,3-4,13,21H2,1H3. The minimum Gasteiger partial charge on any atom is -0.494 e. The van der Waals surface area contributed by atoms with Crippen molar-refractivity contribution >= 4 is 26.8 Å². The van der Waals surface area contributed by atoms with E-state index in [9.17, 15) is 0 Å². The number of rotatable bonds is 6. The number of aromatic nitrogens is 1. The molecule has 0 aliphatic heterocycles. The summed E-state index contributed by atoms with van der Waals surface area (Å²) in [6.07, 6.45) is 5.65. The van der Waals surface area contributed by atoms with E-state index in [1.165, 1.54) is 16.3 Å². The summed E-state index contributed by atoms with van der Waals surface area (Å²) in [6, 6.07) is 16.7. The minimum absolute atomic E-state index is 0.302. The van der Waals surface area contributed by atoms with Crippen molar-refractivity contribution < 1.29 is 4.74 Å². The third-order valence-electron chi connectivity index (χ3n) is 3.94. The van der Waals surface area contributed by atoms with Crippen molar-refractivity contribution in [3.63, 3.8) is 0 Å². The normalized spacial score (nSPS) is 12.4. The number of benzene rings is 2. The highest BCUT2D eigenvalue weighted by molar-refractivity contribution is 8.13. The van der Waals surface area contributed by atoms with E-state index in [0.717, 1.165) is 23.5 Å². The molecule has 3 aromatic rings. The molecule has 4 heteroatoms. The van der Waals surface area contributed by atoms with Crippen LogP contribution in [0.5, 0.6) is 5.75 Å². The number of nitrogens with two attached hydrogens (primary N) is 1. The smallest absolute Gasteiger partial charge is 0.119 e. The summed E-state index contributed by atoms with van der Waals surface area (Å²) < 4.78 is 5.91. The van der Waals surface area contributed by atoms with E-state index in [2.05, 4.69) is 35.3 Å². The number of pyridine rings is 1. The van der Waals surface area contributed by atoms with Gasteiger partial charge < -0.3 is 4.74 Å². The Bertz CT molecular complexity index is 847. The molecule has 24 heavy (non-hydrogen) atoms. The van der Waals surface area contributed by atoms with Gasteiger partial charge in [0.25, 0.3) is 0 Å². The lowest BCUT2D eigenvalue weighted by Crippen LogP contribution is -1.99. The molecule has 0 amide bonds. The zero-order valence-corrected chi connectivity index (χ0v) is 14.6. The first-order valence-electron chi connectivity index (χ1n) is 8.09. The van der Waals surface area contributed by atoms with Gasteiger partial charge in [-0.2, -0.15) is 0 Å². The average Bonchev–Trinajstić information content (AvgIpc) is 2.65. The van der Waals surface area contributed by atoms with Crippen LogP contribution >= 0.6 is 10.7 Å². The summed E-state index contributed by atoms with van der Waals surface area (Å²) in [5.41, 5.74) is 1.29. The Hall–Kier alpha value is -2.17. The number of fused-ring (bicyclic) bond motifs is 1. The molecule has 0 aliphatic rings. The lowest BCUT2D eigenvalue weighted by atomic mass is 10.1. The monoisotopic (exact) mass is 338 g/mol. The highest BCUT2D eigenvalue weighted by Crippen LogP contribution is 2.27. The SMILES string of the molecule is C/C=S(/N)c1ccc2ccc(OCCCc3ccncc3)cc2c1. The first-order chi connectivity index (χ1) is 11.8. The molecule has 0 aliphatic carbocycles. The van der Waals surface area contributed by atoms with Crippen LogP contribution < -0.4 is 9.88 Å². The fourth-order valence-corrected chi connectivity index (χ4v) is 3.35. The van der Waals surface area contributed by atoms with Crippen molar-refractivity contribution in [2.45, 2.75) is 24.7 Å². The van der Waals surface area contributed by atoms with Crippen molar-refractivity contribution in [3.05, 3.63) is 66.5 Å². The van der Waals surface area contributed by atoms with Crippen molar-refractivity contribution in [3.8, 4) is 5.75 Å². The summed E-state index contributed by atoms with van der Waals surface area (Å²) in [6.45, 7) is 2.70. The van der Waals surface area contributed by atoms with Crippen molar-refractivity contribution in [1.29, 1.82) is 0 Å². The molecule has 0 bridgehead atoms. The molecule has 1 atom stereocenters. The molecule has 2 aromatic carbocycles. The van der Waals surface area contributed by atoms with Crippen LogP contribution in [0.15, 0.2) is 65.8 Å². The Kier molecular flexibility index (Phi) is 5.62. The third kappa shape index (κ3) is 4.22. The molecule has 0 saturated heterocycles. The molecule has 2 N–H and O–H groups in total. The van der Waals surface area contributed by atoms with Gasteiger partial charge in [0.15, 0.2) is 0 Å². The predicted octanol–water partition coefficient (Wildman–Crippen LogP) is 4.57. The topological polar surface area (TPSA) is 48.1 Å². The number of hydrogen-bond donors (Lipinski definition) is 1. The Morgan fingerprint density at radius 2 is 1.83 bits per heavy atom. The molecule has 124 valence electrons.